The molecule has 0 aromatic carbocycles. The van der Waals surface area contributed by atoms with Crippen LogP contribution in [0.5, 0.6) is 0 Å². The summed E-state index contributed by atoms with van der Waals surface area (Å²) in [5, 5.41) is 0. The second-order valence-corrected chi connectivity index (χ2v) is 5.21. The number of piperidine rings is 1. The standard InChI is InChI=1S/C12H26N/c1-6-9-13(5)11(3)8-7-10(2)12(13)4/h10-12H,6-9H2,1-5H3/q+1. The predicted molar refractivity (Wildman–Crippen MR) is 58.7 cm³/mol. The highest BCUT2D eigenvalue weighted by atomic mass is 15.4. The van der Waals surface area contributed by atoms with Gasteiger partial charge in [-0.2, -0.15) is 0 Å². The van der Waals surface area contributed by atoms with E-state index in [-0.39, 0.29) is 0 Å². The number of hydrogen-bond acceptors (Lipinski definition) is 0. The summed E-state index contributed by atoms with van der Waals surface area (Å²) in [6.07, 6.45) is 4.17. The molecule has 1 saturated heterocycles. The van der Waals surface area contributed by atoms with Gasteiger partial charge in [-0.1, -0.05) is 13.8 Å². The third-order valence-corrected chi connectivity index (χ3v) is 4.51. The summed E-state index contributed by atoms with van der Waals surface area (Å²) in [5.41, 5.74) is 0. The van der Waals surface area contributed by atoms with Crippen LogP contribution in [0.4, 0.5) is 0 Å². The lowest BCUT2D eigenvalue weighted by Gasteiger charge is -2.50. The molecule has 0 saturated carbocycles. The molecular formula is C12H26N+. The molecule has 0 spiro atoms. The van der Waals surface area contributed by atoms with Crippen molar-refractivity contribution in [3.05, 3.63) is 0 Å². The Morgan fingerprint density at radius 3 is 2.31 bits per heavy atom. The van der Waals surface area contributed by atoms with Gasteiger partial charge in [-0.05, 0) is 33.1 Å². The van der Waals surface area contributed by atoms with E-state index in [4.69, 9.17) is 0 Å². The Bertz CT molecular complexity index is 167. The molecule has 0 N–H and O–H groups in total. The average molecular weight is 184 g/mol. The van der Waals surface area contributed by atoms with Crippen LogP contribution in [-0.2, 0) is 0 Å². The third-order valence-electron chi connectivity index (χ3n) is 4.51. The van der Waals surface area contributed by atoms with Gasteiger partial charge in [-0.15, -0.1) is 0 Å². The van der Waals surface area contributed by atoms with E-state index in [1.165, 1.54) is 30.3 Å². The molecule has 13 heavy (non-hydrogen) atoms. The Hall–Kier alpha value is -0.0400. The second kappa shape index (κ2) is 4.00. The van der Waals surface area contributed by atoms with Crippen LogP contribution < -0.4 is 0 Å². The summed E-state index contributed by atoms with van der Waals surface area (Å²) in [4.78, 5) is 0. The summed E-state index contributed by atoms with van der Waals surface area (Å²) >= 11 is 0. The Balaban J connectivity index is 2.75. The van der Waals surface area contributed by atoms with Gasteiger partial charge in [0.2, 0.25) is 0 Å². The maximum atomic E-state index is 2.45. The molecule has 1 aliphatic rings. The number of hydrogen-bond donors (Lipinski definition) is 0. The zero-order valence-electron chi connectivity index (χ0n) is 10.0. The van der Waals surface area contributed by atoms with Crippen LogP contribution in [0.15, 0.2) is 0 Å². The van der Waals surface area contributed by atoms with Crippen LogP contribution in [0, 0.1) is 5.92 Å². The fourth-order valence-corrected chi connectivity index (χ4v) is 2.93. The number of rotatable bonds is 2. The lowest BCUT2D eigenvalue weighted by molar-refractivity contribution is -0.961. The van der Waals surface area contributed by atoms with Crippen LogP contribution in [-0.4, -0.2) is 30.2 Å². The normalized spacial score (nSPS) is 46.4. The van der Waals surface area contributed by atoms with Crippen molar-refractivity contribution in [3.8, 4) is 0 Å². The van der Waals surface area contributed by atoms with E-state index in [2.05, 4.69) is 34.7 Å². The van der Waals surface area contributed by atoms with Crippen LogP contribution in [0.1, 0.15) is 47.0 Å². The van der Waals surface area contributed by atoms with Gasteiger partial charge >= 0.3 is 0 Å². The number of nitrogens with zero attached hydrogens (tertiary/aromatic N) is 1. The molecule has 1 aliphatic heterocycles. The Labute approximate surface area is 83.7 Å². The smallest absolute Gasteiger partial charge is 0.0887 e. The van der Waals surface area contributed by atoms with E-state index in [1.54, 1.807) is 0 Å². The molecule has 0 amide bonds. The summed E-state index contributed by atoms with van der Waals surface area (Å²) in [6.45, 7) is 11.0. The van der Waals surface area contributed by atoms with Gasteiger partial charge in [0, 0.05) is 5.92 Å². The molecule has 0 radical (unpaired) electrons. The molecule has 1 rings (SSSR count). The zero-order valence-corrected chi connectivity index (χ0v) is 10.0. The first-order valence-corrected chi connectivity index (χ1v) is 5.87. The van der Waals surface area contributed by atoms with Crippen LogP contribution in [0.3, 0.4) is 0 Å². The minimum atomic E-state index is 0.851. The van der Waals surface area contributed by atoms with Crippen molar-refractivity contribution in [3.63, 3.8) is 0 Å². The molecule has 0 bridgehead atoms. The van der Waals surface area contributed by atoms with Crippen molar-refractivity contribution in [1.82, 2.24) is 0 Å². The fraction of sp³-hybridized carbons (Fsp3) is 1.00. The Kier molecular flexibility index (Phi) is 3.39. The molecule has 1 fully saturated rings. The molecule has 78 valence electrons. The number of quaternary nitrogens is 1. The highest BCUT2D eigenvalue weighted by molar-refractivity contribution is 4.72. The third kappa shape index (κ3) is 1.90. The molecular weight excluding hydrogens is 158 g/mol. The van der Waals surface area contributed by atoms with Crippen molar-refractivity contribution < 1.29 is 4.48 Å². The molecule has 1 heterocycles. The Morgan fingerprint density at radius 1 is 1.15 bits per heavy atom. The van der Waals surface area contributed by atoms with E-state index in [0.717, 1.165) is 18.0 Å². The van der Waals surface area contributed by atoms with Crippen LogP contribution in [0.25, 0.3) is 0 Å². The van der Waals surface area contributed by atoms with Crippen molar-refractivity contribution in [2.75, 3.05) is 13.6 Å². The molecule has 0 aromatic heterocycles. The maximum absolute atomic E-state index is 2.45. The zero-order chi connectivity index (χ0) is 10.1. The topological polar surface area (TPSA) is 0 Å². The summed E-state index contributed by atoms with van der Waals surface area (Å²) in [5.74, 6) is 0.910. The molecule has 0 aliphatic carbocycles. The van der Waals surface area contributed by atoms with Crippen molar-refractivity contribution in [2.45, 2.75) is 59.0 Å². The lowest BCUT2D eigenvalue weighted by Crippen LogP contribution is -2.61. The van der Waals surface area contributed by atoms with E-state index < -0.39 is 0 Å². The first-order valence-electron chi connectivity index (χ1n) is 5.87. The minimum absolute atomic E-state index is 0.851. The Morgan fingerprint density at radius 2 is 1.77 bits per heavy atom. The largest absolute Gasteiger partial charge is 0.321 e. The van der Waals surface area contributed by atoms with Crippen LogP contribution >= 0.6 is 0 Å². The first kappa shape index (κ1) is 11.0. The van der Waals surface area contributed by atoms with Crippen molar-refractivity contribution >= 4 is 0 Å². The number of likely N-dealkylation sites (tertiary alicyclic amines) is 1. The molecule has 0 aromatic rings. The minimum Gasteiger partial charge on any atom is -0.321 e. The predicted octanol–water partition coefficient (Wildman–Crippen LogP) is 3.05. The molecule has 4 unspecified atom stereocenters. The highest BCUT2D eigenvalue weighted by Gasteiger charge is 2.40. The first-order chi connectivity index (χ1) is 6.02. The fourth-order valence-electron chi connectivity index (χ4n) is 2.93. The lowest BCUT2D eigenvalue weighted by atomic mass is 9.85. The van der Waals surface area contributed by atoms with E-state index in [0.29, 0.717) is 0 Å². The molecule has 4 atom stereocenters. The van der Waals surface area contributed by atoms with Gasteiger partial charge in [-0.25, -0.2) is 0 Å². The van der Waals surface area contributed by atoms with Gasteiger partial charge in [0.05, 0.1) is 25.7 Å². The highest BCUT2D eigenvalue weighted by Crippen LogP contribution is 2.33. The summed E-state index contributed by atoms with van der Waals surface area (Å²) < 4.78 is 1.30. The monoisotopic (exact) mass is 184 g/mol. The van der Waals surface area contributed by atoms with Gasteiger partial charge in [0.1, 0.15) is 0 Å². The summed E-state index contributed by atoms with van der Waals surface area (Å²) in [6, 6.07) is 1.72. The van der Waals surface area contributed by atoms with Gasteiger partial charge < -0.3 is 4.48 Å². The summed E-state index contributed by atoms with van der Waals surface area (Å²) in [7, 11) is 2.45. The SMILES string of the molecule is CCC[N+]1(C)C(C)CCC(C)C1C. The van der Waals surface area contributed by atoms with Crippen molar-refractivity contribution in [2.24, 2.45) is 5.92 Å². The second-order valence-electron chi connectivity index (χ2n) is 5.21. The van der Waals surface area contributed by atoms with Gasteiger partial charge in [0.15, 0.2) is 0 Å². The maximum Gasteiger partial charge on any atom is 0.0887 e. The van der Waals surface area contributed by atoms with Crippen LogP contribution in [0.2, 0.25) is 0 Å². The van der Waals surface area contributed by atoms with E-state index >= 15 is 0 Å². The van der Waals surface area contributed by atoms with Gasteiger partial charge in [-0.3, -0.25) is 0 Å². The van der Waals surface area contributed by atoms with Crippen molar-refractivity contribution in [1.29, 1.82) is 0 Å². The quantitative estimate of drug-likeness (QED) is 0.579. The van der Waals surface area contributed by atoms with E-state index in [9.17, 15) is 0 Å². The van der Waals surface area contributed by atoms with E-state index in [1.807, 2.05) is 0 Å². The molecule has 1 heteroatoms. The average Bonchev–Trinajstić information content (AvgIpc) is 2.10. The van der Waals surface area contributed by atoms with Gasteiger partial charge in [0.25, 0.3) is 0 Å². The molecule has 1 nitrogen and oxygen atoms in total.